The van der Waals surface area contributed by atoms with Crippen LogP contribution in [0.15, 0.2) is 17.5 Å². The smallest absolute Gasteiger partial charge is 0.309 e. The maximum absolute atomic E-state index is 12.2. The van der Waals surface area contributed by atoms with Crippen LogP contribution in [0.5, 0.6) is 5.88 Å². The third-order valence-corrected chi connectivity index (χ3v) is 4.70. The summed E-state index contributed by atoms with van der Waals surface area (Å²) in [4.78, 5) is 23.6. The first-order valence-corrected chi connectivity index (χ1v) is 9.57. The number of esters is 1. The highest BCUT2D eigenvalue weighted by atomic mass is 16.5. The van der Waals surface area contributed by atoms with Crippen molar-refractivity contribution in [2.75, 3.05) is 0 Å². The zero-order valence-electron chi connectivity index (χ0n) is 16.7. The average molecular weight is 400 g/mol. The summed E-state index contributed by atoms with van der Waals surface area (Å²) in [6, 6.07) is 0. The molecule has 3 rings (SSSR count). The van der Waals surface area contributed by atoms with Gasteiger partial charge in [-0.15, -0.1) is 5.10 Å². The summed E-state index contributed by atoms with van der Waals surface area (Å²) in [7, 11) is 1.72. The highest BCUT2D eigenvalue weighted by Gasteiger charge is 2.30. The van der Waals surface area contributed by atoms with Gasteiger partial charge in [-0.05, 0) is 45.1 Å². The Morgan fingerprint density at radius 3 is 2.90 bits per heavy atom. The molecule has 2 heterocycles. The van der Waals surface area contributed by atoms with Gasteiger partial charge in [0.1, 0.15) is 17.5 Å². The molecule has 0 aromatic carbocycles. The summed E-state index contributed by atoms with van der Waals surface area (Å²) in [5.74, 6) is 0.0771. The Bertz CT molecular complexity index is 889. The van der Waals surface area contributed by atoms with Crippen molar-refractivity contribution in [3.63, 3.8) is 0 Å². The fourth-order valence-corrected chi connectivity index (χ4v) is 3.32. The zero-order chi connectivity index (χ0) is 20.8. The van der Waals surface area contributed by atoms with E-state index in [0.29, 0.717) is 29.4 Å². The Hall–Kier alpha value is -3.20. The highest BCUT2D eigenvalue weighted by molar-refractivity contribution is 5.72. The molecule has 0 spiro atoms. The second kappa shape index (κ2) is 9.33. The van der Waals surface area contributed by atoms with Crippen LogP contribution in [0.4, 0.5) is 0 Å². The molecule has 11 heteroatoms. The molecule has 1 aliphatic carbocycles. The lowest BCUT2D eigenvalue weighted by molar-refractivity contribution is -0.154. The molecule has 1 fully saturated rings. The predicted octanol–water partition coefficient (Wildman–Crippen LogP) is 2.97. The van der Waals surface area contributed by atoms with E-state index >= 15 is 0 Å². The van der Waals surface area contributed by atoms with E-state index in [4.69, 9.17) is 15.0 Å². The molecule has 0 radical (unpaired) electrons. The van der Waals surface area contributed by atoms with Gasteiger partial charge in [-0.1, -0.05) is 10.3 Å². The molecule has 0 saturated heterocycles. The maximum atomic E-state index is 12.2. The van der Waals surface area contributed by atoms with Gasteiger partial charge >= 0.3 is 5.97 Å². The SMILES string of the molecule is CC(C)OC(=O)[C@H]1CCC[C@H](Oc2cnc(-c3nnn(C)c3CN=[N+]=[N-])cn2)C1. The molecule has 0 amide bonds. The molecule has 0 aliphatic heterocycles. The van der Waals surface area contributed by atoms with Gasteiger partial charge in [-0.2, -0.15) is 0 Å². The first kappa shape index (κ1) is 20.5. The summed E-state index contributed by atoms with van der Waals surface area (Å²) in [5.41, 5.74) is 10.2. The number of ether oxygens (including phenoxy) is 2. The van der Waals surface area contributed by atoms with Gasteiger partial charge in [0.05, 0.1) is 36.7 Å². The van der Waals surface area contributed by atoms with Crippen molar-refractivity contribution >= 4 is 5.97 Å². The van der Waals surface area contributed by atoms with Crippen molar-refractivity contribution in [3.05, 3.63) is 28.5 Å². The van der Waals surface area contributed by atoms with Gasteiger partial charge in [0.25, 0.3) is 0 Å². The average Bonchev–Trinajstić information content (AvgIpc) is 3.07. The minimum absolute atomic E-state index is 0.106. The fraction of sp³-hybridized carbons (Fsp3) is 0.611. The minimum atomic E-state index is -0.162. The molecule has 0 N–H and O–H groups in total. The van der Waals surface area contributed by atoms with Gasteiger partial charge in [0.2, 0.25) is 5.88 Å². The van der Waals surface area contributed by atoms with E-state index in [0.717, 1.165) is 19.3 Å². The number of aromatic nitrogens is 5. The number of hydrogen-bond acceptors (Lipinski definition) is 8. The minimum Gasteiger partial charge on any atom is -0.473 e. The molecule has 0 unspecified atom stereocenters. The van der Waals surface area contributed by atoms with Crippen molar-refractivity contribution < 1.29 is 14.3 Å². The Morgan fingerprint density at radius 1 is 1.38 bits per heavy atom. The van der Waals surface area contributed by atoms with Gasteiger partial charge in [0.15, 0.2) is 0 Å². The van der Waals surface area contributed by atoms with E-state index in [1.165, 1.54) is 10.9 Å². The summed E-state index contributed by atoms with van der Waals surface area (Å²) in [5, 5.41) is 11.6. The Morgan fingerprint density at radius 2 is 2.21 bits per heavy atom. The molecule has 154 valence electrons. The van der Waals surface area contributed by atoms with Gasteiger partial charge in [-0.25, -0.2) is 9.97 Å². The Kier molecular flexibility index (Phi) is 6.61. The lowest BCUT2D eigenvalue weighted by Gasteiger charge is -2.28. The lowest BCUT2D eigenvalue weighted by Crippen LogP contribution is -2.31. The van der Waals surface area contributed by atoms with Crippen molar-refractivity contribution in [2.24, 2.45) is 18.1 Å². The van der Waals surface area contributed by atoms with Crippen molar-refractivity contribution in [3.8, 4) is 17.3 Å². The van der Waals surface area contributed by atoms with E-state index < -0.39 is 0 Å². The second-order valence-electron chi connectivity index (χ2n) is 7.23. The van der Waals surface area contributed by atoms with Crippen LogP contribution < -0.4 is 4.74 Å². The summed E-state index contributed by atoms with van der Waals surface area (Å²) in [6.45, 7) is 3.81. The standard InChI is InChI=1S/C18H24N8O3/c1-11(2)28-18(27)12-5-4-6-13(7-12)29-16-10-20-14(8-21-16)17-15(9-22-24-19)26(3)25-23-17/h8,10-13H,4-7,9H2,1-3H3/t12-,13-/m0/s1. The van der Waals surface area contributed by atoms with E-state index in [2.05, 4.69) is 30.3 Å². The molecule has 1 saturated carbocycles. The topological polar surface area (TPSA) is 141 Å². The number of rotatable bonds is 7. The summed E-state index contributed by atoms with van der Waals surface area (Å²) < 4.78 is 12.8. The third-order valence-electron chi connectivity index (χ3n) is 4.70. The lowest BCUT2D eigenvalue weighted by atomic mass is 9.87. The fourth-order valence-electron chi connectivity index (χ4n) is 3.32. The van der Waals surface area contributed by atoms with Crippen LogP contribution in [0, 0.1) is 5.92 Å². The van der Waals surface area contributed by atoms with E-state index in [1.807, 2.05) is 13.8 Å². The number of hydrogen-bond donors (Lipinski definition) is 0. The number of aryl methyl sites for hydroxylation is 1. The zero-order valence-corrected chi connectivity index (χ0v) is 16.7. The number of carbonyl (C=O) groups is 1. The van der Waals surface area contributed by atoms with Crippen LogP contribution >= 0.6 is 0 Å². The molecule has 1 aliphatic rings. The molecule has 29 heavy (non-hydrogen) atoms. The van der Waals surface area contributed by atoms with Crippen LogP contribution in [0.3, 0.4) is 0 Å². The normalized spacial score (nSPS) is 18.9. The molecule has 2 atom stereocenters. The summed E-state index contributed by atoms with van der Waals surface area (Å²) >= 11 is 0. The summed E-state index contributed by atoms with van der Waals surface area (Å²) in [6.07, 6.45) is 6.03. The quantitative estimate of drug-likeness (QED) is 0.301. The van der Waals surface area contributed by atoms with Crippen molar-refractivity contribution in [1.82, 2.24) is 25.0 Å². The van der Waals surface area contributed by atoms with E-state index in [1.54, 1.807) is 13.2 Å². The molecule has 11 nitrogen and oxygen atoms in total. The van der Waals surface area contributed by atoms with Crippen LogP contribution in [-0.4, -0.2) is 43.1 Å². The van der Waals surface area contributed by atoms with Gasteiger partial charge < -0.3 is 9.47 Å². The monoisotopic (exact) mass is 400 g/mol. The van der Waals surface area contributed by atoms with Crippen LogP contribution in [0.25, 0.3) is 21.8 Å². The van der Waals surface area contributed by atoms with Gasteiger partial charge in [0, 0.05) is 12.0 Å². The van der Waals surface area contributed by atoms with Crippen LogP contribution in [-0.2, 0) is 23.1 Å². The largest absolute Gasteiger partial charge is 0.473 e. The van der Waals surface area contributed by atoms with E-state index in [9.17, 15) is 4.79 Å². The number of azide groups is 1. The van der Waals surface area contributed by atoms with Crippen molar-refractivity contribution in [2.45, 2.75) is 58.3 Å². The van der Waals surface area contributed by atoms with Crippen LogP contribution in [0.1, 0.15) is 45.2 Å². The number of carbonyl (C=O) groups excluding carboxylic acids is 1. The van der Waals surface area contributed by atoms with E-state index in [-0.39, 0.29) is 30.6 Å². The maximum Gasteiger partial charge on any atom is 0.309 e. The number of nitrogens with zero attached hydrogens (tertiary/aromatic N) is 8. The Labute approximate surface area is 168 Å². The molecule has 2 aromatic rings. The first-order chi connectivity index (χ1) is 14.0. The van der Waals surface area contributed by atoms with Gasteiger partial charge in [-0.3, -0.25) is 9.48 Å². The molecule has 0 bridgehead atoms. The highest BCUT2D eigenvalue weighted by Crippen LogP contribution is 2.29. The molecular weight excluding hydrogens is 376 g/mol. The van der Waals surface area contributed by atoms with Crippen LogP contribution in [0.2, 0.25) is 0 Å². The van der Waals surface area contributed by atoms with Crippen molar-refractivity contribution in [1.29, 1.82) is 0 Å². The second-order valence-corrected chi connectivity index (χ2v) is 7.23. The predicted molar refractivity (Wildman–Crippen MR) is 102 cm³/mol. The Balaban J connectivity index is 1.65. The third kappa shape index (κ3) is 5.20. The first-order valence-electron chi connectivity index (χ1n) is 9.57. The molecule has 2 aromatic heterocycles. The molecular formula is C18H24N8O3.